The van der Waals surface area contributed by atoms with E-state index in [2.05, 4.69) is 5.10 Å². The summed E-state index contributed by atoms with van der Waals surface area (Å²) < 4.78 is 1.69. The van der Waals surface area contributed by atoms with Crippen LogP contribution >= 0.6 is 0 Å². The molecule has 0 N–H and O–H groups in total. The van der Waals surface area contributed by atoms with Gasteiger partial charge < -0.3 is 0 Å². The summed E-state index contributed by atoms with van der Waals surface area (Å²) >= 11 is 0. The smallest absolute Gasteiger partial charge is 0.170 e. The van der Waals surface area contributed by atoms with Gasteiger partial charge in [-0.15, -0.1) is 0 Å². The molecule has 0 fully saturated rings. The minimum absolute atomic E-state index is 0.137. The van der Waals surface area contributed by atoms with Crippen LogP contribution in [-0.2, 0) is 13.5 Å². The molecule has 0 unspecified atom stereocenters. The average Bonchev–Trinajstić information content (AvgIpc) is 2.63. The zero-order valence-corrected chi connectivity index (χ0v) is 11.3. The van der Waals surface area contributed by atoms with Crippen molar-refractivity contribution >= 4 is 5.78 Å². The zero-order valence-electron chi connectivity index (χ0n) is 11.3. The Morgan fingerprint density at radius 3 is 2.33 bits per heavy atom. The van der Waals surface area contributed by atoms with Crippen molar-refractivity contribution < 1.29 is 4.79 Å². The first-order chi connectivity index (χ1) is 8.49. The predicted molar refractivity (Wildman–Crippen MR) is 71.9 cm³/mol. The van der Waals surface area contributed by atoms with Gasteiger partial charge in [0.25, 0.3) is 0 Å². The third-order valence-corrected chi connectivity index (χ3v) is 3.30. The fourth-order valence-electron chi connectivity index (χ4n) is 2.26. The molecule has 1 aromatic heterocycles. The monoisotopic (exact) mass is 242 g/mol. The fourth-order valence-corrected chi connectivity index (χ4v) is 2.26. The number of carbonyl (C=O) groups is 1. The molecule has 0 saturated carbocycles. The quantitative estimate of drug-likeness (QED) is 0.776. The summed E-state index contributed by atoms with van der Waals surface area (Å²) in [5.74, 6) is 0.137. The van der Waals surface area contributed by atoms with Gasteiger partial charge in [-0.1, -0.05) is 18.2 Å². The van der Waals surface area contributed by atoms with E-state index >= 15 is 0 Å². The number of hydrogen-bond donors (Lipinski definition) is 0. The first-order valence-electron chi connectivity index (χ1n) is 6.07. The SMILES string of the molecule is Cc1cccc(C)c1CC(=O)c1cn(C)nc1C. The maximum Gasteiger partial charge on any atom is 0.170 e. The molecule has 0 radical (unpaired) electrons. The van der Waals surface area contributed by atoms with Gasteiger partial charge in [-0.25, -0.2) is 0 Å². The number of hydrogen-bond acceptors (Lipinski definition) is 2. The van der Waals surface area contributed by atoms with E-state index in [0.717, 1.165) is 16.8 Å². The van der Waals surface area contributed by atoms with Gasteiger partial charge in [-0.05, 0) is 37.5 Å². The van der Waals surface area contributed by atoms with Gasteiger partial charge >= 0.3 is 0 Å². The topological polar surface area (TPSA) is 34.9 Å². The number of nitrogens with zero attached hydrogens (tertiary/aromatic N) is 2. The lowest BCUT2D eigenvalue weighted by Gasteiger charge is -2.08. The normalized spacial score (nSPS) is 10.7. The molecule has 3 heteroatoms. The lowest BCUT2D eigenvalue weighted by atomic mass is 9.96. The number of carbonyl (C=O) groups excluding carboxylic acids is 1. The van der Waals surface area contributed by atoms with Crippen LogP contribution in [0.15, 0.2) is 24.4 Å². The number of Topliss-reactive ketones (excluding diaryl/α,β-unsaturated/α-hetero) is 1. The lowest BCUT2D eigenvalue weighted by molar-refractivity contribution is 0.0992. The Labute approximate surface area is 107 Å². The van der Waals surface area contributed by atoms with E-state index in [9.17, 15) is 4.79 Å². The van der Waals surface area contributed by atoms with Crippen LogP contribution in [0.4, 0.5) is 0 Å². The first kappa shape index (κ1) is 12.6. The molecule has 2 aromatic rings. The molecule has 1 aromatic carbocycles. The molecule has 2 rings (SSSR count). The number of aromatic nitrogens is 2. The highest BCUT2D eigenvalue weighted by atomic mass is 16.1. The Morgan fingerprint density at radius 1 is 1.22 bits per heavy atom. The summed E-state index contributed by atoms with van der Waals surface area (Å²) in [5, 5.41) is 4.21. The van der Waals surface area contributed by atoms with E-state index in [0.29, 0.717) is 6.42 Å². The third-order valence-electron chi connectivity index (χ3n) is 3.30. The van der Waals surface area contributed by atoms with Crippen LogP contribution in [0, 0.1) is 20.8 Å². The molecule has 1 heterocycles. The average molecular weight is 242 g/mol. The molecule has 0 saturated heterocycles. The molecular weight excluding hydrogens is 224 g/mol. The van der Waals surface area contributed by atoms with Gasteiger partial charge in [-0.3, -0.25) is 9.48 Å². The van der Waals surface area contributed by atoms with Crippen LogP contribution in [0.1, 0.15) is 32.7 Å². The maximum atomic E-state index is 12.3. The lowest BCUT2D eigenvalue weighted by Crippen LogP contribution is -2.07. The summed E-state index contributed by atoms with van der Waals surface area (Å²) in [5.41, 5.74) is 4.99. The molecule has 0 amide bonds. The van der Waals surface area contributed by atoms with Crippen LogP contribution in [0.2, 0.25) is 0 Å². The molecule has 0 aliphatic rings. The standard InChI is InChI=1S/C15H18N2O/c1-10-6-5-7-11(2)13(10)8-15(18)14-9-17(4)16-12(14)3/h5-7,9H,8H2,1-4H3. The Hall–Kier alpha value is -1.90. The highest BCUT2D eigenvalue weighted by Gasteiger charge is 2.15. The van der Waals surface area contributed by atoms with Gasteiger partial charge in [0.2, 0.25) is 0 Å². The molecule has 0 bridgehead atoms. The minimum atomic E-state index is 0.137. The minimum Gasteiger partial charge on any atom is -0.294 e. The summed E-state index contributed by atoms with van der Waals surface area (Å²) in [6.07, 6.45) is 2.25. The predicted octanol–water partition coefficient (Wildman–Crippen LogP) is 2.77. The summed E-state index contributed by atoms with van der Waals surface area (Å²) in [4.78, 5) is 12.3. The zero-order chi connectivity index (χ0) is 13.3. The van der Waals surface area contributed by atoms with Gasteiger partial charge in [0.15, 0.2) is 5.78 Å². The molecule has 3 nitrogen and oxygen atoms in total. The molecule has 0 spiro atoms. The van der Waals surface area contributed by atoms with Crippen LogP contribution < -0.4 is 0 Å². The number of rotatable bonds is 3. The molecule has 0 aliphatic heterocycles. The molecule has 94 valence electrons. The largest absolute Gasteiger partial charge is 0.294 e. The highest BCUT2D eigenvalue weighted by molar-refractivity contribution is 5.98. The van der Waals surface area contributed by atoms with Crippen molar-refractivity contribution in [3.05, 3.63) is 52.3 Å². The Kier molecular flexibility index (Phi) is 3.32. The van der Waals surface area contributed by atoms with Crippen molar-refractivity contribution in [3.63, 3.8) is 0 Å². The highest BCUT2D eigenvalue weighted by Crippen LogP contribution is 2.17. The van der Waals surface area contributed by atoms with E-state index in [1.54, 1.807) is 10.9 Å². The van der Waals surface area contributed by atoms with E-state index in [-0.39, 0.29) is 5.78 Å². The molecule has 18 heavy (non-hydrogen) atoms. The second-order valence-corrected chi connectivity index (χ2v) is 4.77. The molecule has 0 atom stereocenters. The number of ketones is 1. The van der Waals surface area contributed by atoms with E-state index in [1.165, 1.54) is 11.1 Å². The second kappa shape index (κ2) is 4.77. The van der Waals surface area contributed by atoms with Crippen molar-refractivity contribution in [2.24, 2.45) is 7.05 Å². The summed E-state index contributed by atoms with van der Waals surface area (Å²) in [6, 6.07) is 6.12. The first-order valence-corrected chi connectivity index (χ1v) is 6.07. The van der Waals surface area contributed by atoms with Gasteiger partial charge in [0.05, 0.1) is 11.3 Å². The van der Waals surface area contributed by atoms with Crippen molar-refractivity contribution in [1.82, 2.24) is 9.78 Å². The van der Waals surface area contributed by atoms with Crippen molar-refractivity contribution in [3.8, 4) is 0 Å². The van der Waals surface area contributed by atoms with Crippen LogP contribution in [0.3, 0.4) is 0 Å². The van der Waals surface area contributed by atoms with Crippen LogP contribution in [0.5, 0.6) is 0 Å². The van der Waals surface area contributed by atoms with Gasteiger partial charge in [0.1, 0.15) is 0 Å². The Morgan fingerprint density at radius 2 is 1.83 bits per heavy atom. The van der Waals surface area contributed by atoms with E-state index < -0.39 is 0 Å². The second-order valence-electron chi connectivity index (χ2n) is 4.77. The Bertz CT molecular complexity index is 576. The molecule has 0 aliphatic carbocycles. The van der Waals surface area contributed by atoms with Crippen molar-refractivity contribution in [2.75, 3.05) is 0 Å². The van der Waals surface area contributed by atoms with Gasteiger partial charge in [-0.2, -0.15) is 5.10 Å². The van der Waals surface area contributed by atoms with Gasteiger partial charge in [0, 0.05) is 19.7 Å². The maximum absolute atomic E-state index is 12.3. The summed E-state index contributed by atoms with van der Waals surface area (Å²) in [7, 11) is 1.84. The van der Waals surface area contributed by atoms with E-state index in [1.807, 2.05) is 46.0 Å². The number of benzene rings is 1. The third kappa shape index (κ3) is 2.35. The molecular formula is C15H18N2O. The van der Waals surface area contributed by atoms with Crippen LogP contribution in [0.25, 0.3) is 0 Å². The van der Waals surface area contributed by atoms with Crippen LogP contribution in [-0.4, -0.2) is 15.6 Å². The van der Waals surface area contributed by atoms with Crippen molar-refractivity contribution in [1.29, 1.82) is 0 Å². The summed E-state index contributed by atoms with van der Waals surface area (Å²) in [6.45, 7) is 5.97. The Balaban J connectivity index is 2.30. The van der Waals surface area contributed by atoms with Crippen molar-refractivity contribution in [2.45, 2.75) is 27.2 Å². The number of aryl methyl sites for hydroxylation is 4. The van der Waals surface area contributed by atoms with E-state index in [4.69, 9.17) is 0 Å². The fraction of sp³-hybridized carbons (Fsp3) is 0.333.